The lowest BCUT2D eigenvalue weighted by molar-refractivity contribution is -0.141. The second kappa shape index (κ2) is 29.7. The minimum absolute atomic E-state index is 0. The first kappa shape index (κ1) is 72.4. The van der Waals surface area contributed by atoms with Crippen LogP contribution in [0.2, 0.25) is 30.1 Å². The molecule has 0 fully saturated rings. The maximum atomic E-state index is 13.1. The van der Waals surface area contributed by atoms with E-state index in [1.807, 2.05) is 35.2 Å². The van der Waals surface area contributed by atoms with Crippen LogP contribution in [0.4, 0.5) is 61.8 Å². The van der Waals surface area contributed by atoms with Gasteiger partial charge in [-0.2, -0.15) is 39.5 Å². The van der Waals surface area contributed by atoms with Gasteiger partial charge in [-0.05, 0) is 128 Å². The van der Waals surface area contributed by atoms with E-state index in [9.17, 15) is 58.7 Å². The Labute approximate surface area is 575 Å². The predicted molar refractivity (Wildman–Crippen MR) is 355 cm³/mol. The first-order chi connectivity index (χ1) is 43.5. The average Bonchev–Trinajstić information content (AvgIpc) is 1.60. The van der Waals surface area contributed by atoms with Crippen LogP contribution in [-0.4, -0.2) is 88.3 Å². The number of hydrogen-bond acceptors (Lipinski definition) is 11. The Bertz CT molecular complexity index is 4340. The minimum atomic E-state index is -4.75. The van der Waals surface area contributed by atoms with Crippen molar-refractivity contribution in [2.24, 2.45) is 5.73 Å². The van der Waals surface area contributed by atoms with Crippen molar-refractivity contribution in [1.29, 1.82) is 0 Å². The second-order valence-corrected chi connectivity index (χ2v) is 25.1. The van der Waals surface area contributed by atoms with Gasteiger partial charge in [-0.25, -0.2) is 24.3 Å². The van der Waals surface area contributed by atoms with Crippen molar-refractivity contribution in [3.63, 3.8) is 0 Å². The molecule has 502 valence electrons. The fraction of sp³-hybridized carbons (Fsp3) is 0.271. The number of nitrogens with one attached hydrogen (secondary N) is 5. The normalized spacial score (nSPS) is 13.3. The molecule has 0 unspecified atom stereocenters. The number of alkyl halides is 11. The van der Waals surface area contributed by atoms with Gasteiger partial charge in [-0.15, -0.1) is 0 Å². The molecule has 0 saturated carbocycles. The number of benzene rings is 3. The third kappa shape index (κ3) is 18.3. The van der Waals surface area contributed by atoms with Crippen LogP contribution in [0.15, 0.2) is 91.0 Å². The number of fused-ring (bicyclic) bond motifs is 7. The number of nitrogens with zero attached hydrogens (tertiary/aromatic N) is 6. The van der Waals surface area contributed by atoms with E-state index in [0.717, 1.165) is 78.6 Å². The largest absolute Gasteiger partial charge is 0.443 e. The quantitative estimate of drug-likeness (QED) is 0.0558. The van der Waals surface area contributed by atoms with E-state index >= 15 is 0 Å². The number of anilines is 3. The number of nitrogens with two attached hydrogens (primary N) is 1. The number of pyridine rings is 3. The van der Waals surface area contributed by atoms with E-state index in [-0.39, 0.29) is 49.3 Å². The number of carbonyl (C=O) groups excluding carboxylic acids is 4. The van der Waals surface area contributed by atoms with Gasteiger partial charge in [0, 0.05) is 102 Å². The van der Waals surface area contributed by atoms with Crippen LogP contribution in [0, 0.1) is 0 Å². The first-order valence-corrected chi connectivity index (χ1v) is 31.6. The zero-order valence-corrected chi connectivity index (χ0v) is 56.0. The summed E-state index contributed by atoms with van der Waals surface area (Å²) in [5.41, 5.74) is 9.30. The molecule has 8 heterocycles. The molecule has 6 aromatic heterocycles. The number of ether oxygens (including phenoxy) is 1. The summed E-state index contributed by atoms with van der Waals surface area (Å²) in [7, 11) is 0. The van der Waals surface area contributed by atoms with Crippen LogP contribution >= 0.6 is 101 Å². The molecule has 0 radical (unpaired) electrons. The number of H-pyrrole nitrogens is 2. The Kier molecular flexibility index (Phi) is 23.1. The van der Waals surface area contributed by atoms with E-state index in [1.54, 1.807) is 49.9 Å². The lowest BCUT2D eigenvalue weighted by Crippen LogP contribution is -2.31. The van der Waals surface area contributed by atoms with Crippen LogP contribution < -0.4 is 21.7 Å². The molecule has 2 aliphatic heterocycles. The molecule has 7 N–H and O–H groups in total. The Morgan fingerprint density at radius 1 is 0.559 bits per heavy atom. The van der Waals surface area contributed by atoms with Gasteiger partial charge in [0.15, 0.2) is 17.1 Å². The summed E-state index contributed by atoms with van der Waals surface area (Å²) in [5.74, 6) is -2.37. The van der Waals surface area contributed by atoms with Crippen LogP contribution in [0.5, 0.6) is 0 Å². The van der Waals surface area contributed by atoms with Gasteiger partial charge in [0.25, 0.3) is 0 Å². The van der Waals surface area contributed by atoms with Crippen molar-refractivity contribution in [2.45, 2.75) is 81.7 Å². The molecule has 0 saturated heterocycles. The van der Waals surface area contributed by atoms with Gasteiger partial charge in [-0.1, -0.05) is 101 Å². The van der Waals surface area contributed by atoms with Gasteiger partial charge in [0.05, 0.1) is 40.2 Å². The van der Waals surface area contributed by atoms with Crippen LogP contribution in [0.1, 0.15) is 77.3 Å². The lowest BCUT2D eigenvalue weighted by Gasteiger charge is -2.21. The minimum Gasteiger partial charge on any atom is -0.443 e. The maximum absolute atomic E-state index is 13.1. The van der Waals surface area contributed by atoms with Crippen molar-refractivity contribution in [1.82, 2.24) is 39.3 Å². The monoisotopic (exact) mass is 1550 g/mol. The second-order valence-electron chi connectivity index (χ2n) is 21.4. The molecule has 93 heavy (non-hydrogen) atoms. The highest BCUT2D eigenvalue weighted by Gasteiger charge is 2.39. The van der Waals surface area contributed by atoms with Crippen molar-refractivity contribution < 1.29 is 69.1 Å². The molecule has 34 heteroatoms. The van der Waals surface area contributed by atoms with Crippen LogP contribution in [0.3, 0.4) is 0 Å². The maximum Gasteiger partial charge on any atom is 0.434 e. The average molecular weight is 1560 g/mol. The Morgan fingerprint density at radius 2 is 0.989 bits per heavy atom. The highest BCUT2D eigenvalue weighted by molar-refractivity contribution is 9.09. The first-order valence-electron chi connectivity index (χ1n) is 27.0. The number of aromatic amines is 2. The lowest BCUT2D eigenvalue weighted by atomic mass is 10.1. The van der Waals surface area contributed by atoms with Crippen molar-refractivity contribution >= 4 is 175 Å². The summed E-state index contributed by atoms with van der Waals surface area (Å²) in [5, 5.41) is 11.8. The third-order valence-corrected chi connectivity index (χ3v) is 16.2. The standard InChI is InChI=1S/C23H21Cl2F3N4O3.C18H13Cl2F3N4O.C10H8Br2ClN.C8H7ClF3N3O.4H2/c1-22(2,3)35-21(34)32-16-6-4-12(24)8-13(16)14-9-31(10-17(14)32)11-19(33)29-18-7-5-15(25)20(30-18)23(26,27)28;19-9-1-3-13-10(5-9)11-6-27(7-14(11)24-13)8-16(28)25-15-4-2-12(20)17(26-15)18(21,22)23;11-4-8-7-3-6(13)1-2-9(7)14-10(8)5-12;9-4-1-2-5(14-6(16)3-13)15-7(4)8(10,11)12;;;;/h4-8H,9-11H2,1-3H3,(H,29,30,33);1-5,24H,6-8H2,(H,25,26,28);1-3,14H,4-5H2;1-2H,3,13H2,(H,14,15,16);4*1H. The third-order valence-electron chi connectivity index (χ3n) is 13.5. The van der Waals surface area contributed by atoms with Gasteiger partial charge in [-0.3, -0.25) is 24.2 Å². The molecule has 17 nitrogen and oxygen atoms in total. The molecule has 0 aliphatic carbocycles. The highest BCUT2D eigenvalue weighted by atomic mass is 79.9. The number of carbonyl (C=O) groups is 4. The number of hydrogen-bond donors (Lipinski definition) is 6. The summed E-state index contributed by atoms with van der Waals surface area (Å²) in [6, 6.07) is 23.3. The molecule has 3 amide bonds. The molecular weight excluding hydrogens is 1500 g/mol. The fourth-order valence-corrected chi connectivity index (χ4v) is 12.0. The van der Waals surface area contributed by atoms with E-state index in [2.05, 4.69) is 72.7 Å². The Morgan fingerprint density at radius 3 is 1.44 bits per heavy atom. The summed E-state index contributed by atoms with van der Waals surface area (Å²) in [4.78, 5) is 69.0. The van der Waals surface area contributed by atoms with E-state index in [1.165, 1.54) is 33.3 Å². The Balaban J connectivity index is 0.000000288. The van der Waals surface area contributed by atoms with Crippen molar-refractivity contribution in [3.8, 4) is 0 Å². The van der Waals surface area contributed by atoms with E-state index in [0.29, 0.717) is 40.9 Å². The van der Waals surface area contributed by atoms with Gasteiger partial charge >= 0.3 is 24.6 Å². The SMILES string of the molecule is CC(C)(C)OC(=O)n1c2c(c3cc(Cl)ccc31)CN(CC(=O)Nc1ccc(Cl)c(C(F)(F)F)n1)C2.Clc1ccc2[nH]c(CBr)c(CBr)c2c1.NCC(=O)Nc1ccc(Cl)c(C(F)(F)F)n1.O=C(CN1Cc2[nH]c3ccc(Cl)cc3c2C1)Nc1ccc(Cl)c(C(F)(F)F)n1.[HH].[HH].[HH].[HH]. The molecule has 0 atom stereocenters. The summed E-state index contributed by atoms with van der Waals surface area (Å²) in [6.07, 6.45) is -14.7. The molecular formula is C59H57Br2Cl6F9N12O5. The van der Waals surface area contributed by atoms with Gasteiger partial charge < -0.3 is 36.4 Å². The summed E-state index contributed by atoms with van der Waals surface area (Å²) < 4.78 is 122. The Hall–Kier alpha value is -6.44. The van der Waals surface area contributed by atoms with Crippen molar-refractivity contribution in [3.05, 3.63) is 172 Å². The number of halogens is 17. The molecule has 11 rings (SSSR count). The molecule has 9 aromatic rings. The zero-order valence-electron chi connectivity index (χ0n) is 48.3. The van der Waals surface area contributed by atoms with Gasteiger partial charge in [0.2, 0.25) is 17.7 Å². The number of rotatable bonds is 10. The topological polar surface area (TPSA) is 221 Å². The zero-order chi connectivity index (χ0) is 68.2. The number of aromatic nitrogens is 6. The van der Waals surface area contributed by atoms with Gasteiger partial charge in [0.1, 0.15) is 23.1 Å². The molecule has 0 bridgehead atoms. The van der Waals surface area contributed by atoms with Crippen LogP contribution in [-0.2, 0) is 74.5 Å². The summed E-state index contributed by atoms with van der Waals surface area (Å²) >= 11 is 41.6. The highest BCUT2D eigenvalue weighted by Crippen LogP contribution is 2.39. The predicted octanol–water partition coefficient (Wildman–Crippen LogP) is 18.2. The molecule has 2 aliphatic rings. The van der Waals surface area contributed by atoms with E-state index < -0.39 is 80.1 Å². The molecule has 0 spiro atoms. The fourth-order valence-electron chi connectivity index (χ4n) is 9.69. The number of amides is 3. The molecule has 3 aromatic carbocycles. The smallest absolute Gasteiger partial charge is 0.434 e. The van der Waals surface area contributed by atoms with Crippen molar-refractivity contribution in [2.75, 3.05) is 35.6 Å². The van der Waals surface area contributed by atoms with Crippen LogP contribution in [0.25, 0.3) is 32.7 Å². The van der Waals surface area contributed by atoms with E-state index in [4.69, 9.17) is 80.1 Å². The summed E-state index contributed by atoms with van der Waals surface area (Å²) in [6.45, 7) is 6.45.